The van der Waals surface area contributed by atoms with Crippen LogP contribution in [0.5, 0.6) is 0 Å². The molecule has 146 valence electrons. The number of amides is 1. The molecule has 1 aromatic heterocycles. The van der Waals surface area contributed by atoms with E-state index in [1.807, 2.05) is 0 Å². The van der Waals surface area contributed by atoms with E-state index in [0.717, 1.165) is 54.9 Å². The highest BCUT2D eigenvalue weighted by Gasteiger charge is 2.25. The Morgan fingerprint density at radius 2 is 1.82 bits per heavy atom. The van der Waals surface area contributed by atoms with E-state index in [-0.39, 0.29) is 11.8 Å². The third-order valence-corrected chi connectivity index (χ3v) is 5.61. The highest BCUT2D eigenvalue weighted by Crippen LogP contribution is 2.20. The fourth-order valence-corrected chi connectivity index (χ4v) is 3.86. The molecule has 0 unspecified atom stereocenters. The van der Waals surface area contributed by atoms with Crippen molar-refractivity contribution in [3.63, 3.8) is 0 Å². The van der Waals surface area contributed by atoms with Crippen molar-refractivity contribution in [2.45, 2.75) is 39.8 Å². The summed E-state index contributed by atoms with van der Waals surface area (Å²) < 4.78 is 0. The van der Waals surface area contributed by atoms with E-state index >= 15 is 0 Å². The van der Waals surface area contributed by atoms with Gasteiger partial charge in [-0.25, -0.2) is 4.98 Å². The van der Waals surface area contributed by atoms with Gasteiger partial charge in [-0.3, -0.25) is 9.69 Å². The van der Waals surface area contributed by atoms with Crippen LogP contribution < -0.4 is 5.32 Å². The molecular weight excluding hydrogens is 348 g/mol. The summed E-state index contributed by atoms with van der Waals surface area (Å²) in [6.07, 6.45) is 1.80. The Bertz CT molecular complexity index is 952. The van der Waals surface area contributed by atoms with Crippen LogP contribution in [0.2, 0.25) is 0 Å². The van der Waals surface area contributed by atoms with Gasteiger partial charge >= 0.3 is 0 Å². The lowest BCUT2D eigenvalue weighted by atomic mass is 9.96. The number of carbonyl (C=O) groups excluding carboxylic acids is 1. The third-order valence-electron chi connectivity index (χ3n) is 5.61. The van der Waals surface area contributed by atoms with Gasteiger partial charge in [0, 0.05) is 12.5 Å². The molecule has 1 saturated heterocycles. The lowest BCUT2D eigenvalue weighted by molar-refractivity contribution is -0.126. The average Bonchev–Trinajstić information content (AvgIpc) is 3.09. The summed E-state index contributed by atoms with van der Waals surface area (Å²) in [5, 5.41) is 3.10. The van der Waals surface area contributed by atoms with E-state index < -0.39 is 0 Å². The van der Waals surface area contributed by atoms with Crippen molar-refractivity contribution in [2.75, 3.05) is 13.1 Å². The minimum atomic E-state index is 0.111. The monoisotopic (exact) mass is 376 g/mol. The first-order chi connectivity index (χ1) is 13.6. The molecule has 1 aliphatic heterocycles. The molecule has 0 spiro atoms. The van der Waals surface area contributed by atoms with Crippen molar-refractivity contribution >= 4 is 16.9 Å². The Kier molecular flexibility index (Phi) is 5.44. The van der Waals surface area contributed by atoms with Crippen LogP contribution in [-0.2, 0) is 17.9 Å². The minimum absolute atomic E-state index is 0.111. The van der Waals surface area contributed by atoms with Gasteiger partial charge in [-0.05, 0) is 63.0 Å². The summed E-state index contributed by atoms with van der Waals surface area (Å²) in [5.74, 6) is 1.29. The van der Waals surface area contributed by atoms with Crippen LogP contribution in [0.4, 0.5) is 0 Å². The molecular formula is C23H28N4O. The van der Waals surface area contributed by atoms with E-state index in [2.05, 4.69) is 71.5 Å². The standard InChI is InChI=1S/C23H28N4O/c1-16-3-6-18(7-4-16)14-24-23(28)19-9-11-27(12-10-19)15-22-25-20-8-5-17(2)13-21(20)26-22/h3-8,13,19H,9-12,14-15H2,1-2H3,(H,24,28)(H,25,26). The van der Waals surface area contributed by atoms with Crippen molar-refractivity contribution in [3.8, 4) is 0 Å². The first-order valence-corrected chi connectivity index (χ1v) is 10.1. The molecule has 0 aliphatic carbocycles. The maximum absolute atomic E-state index is 12.5. The molecule has 0 atom stereocenters. The second-order valence-corrected chi connectivity index (χ2v) is 7.96. The molecule has 2 N–H and O–H groups in total. The van der Waals surface area contributed by atoms with Crippen LogP contribution in [0, 0.1) is 19.8 Å². The topological polar surface area (TPSA) is 61.0 Å². The van der Waals surface area contributed by atoms with Crippen molar-refractivity contribution in [3.05, 3.63) is 65.0 Å². The molecule has 5 nitrogen and oxygen atoms in total. The van der Waals surface area contributed by atoms with E-state index in [9.17, 15) is 4.79 Å². The Hall–Kier alpha value is -2.66. The number of benzene rings is 2. The summed E-state index contributed by atoms with van der Waals surface area (Å²) in [4.78, 5) is 23.0. The molecule has 5 heteroatoms. The number of hydrogen-bond donors (Lipinski definition) is 2. The Balaban J connectivity index is 1.26. The predicted octanol–water partition coefficient (Wildman–Crippen LogP) is 3.71. The molecule has 4 rings (SSSR count). The number of imidazole rings is 1. The zero-order valence-corrected chi connectivity index (χ0v) is 16.7. The number of hydrogen-bond acceptors (Lipinski definition) is 3. The summed E-state index contributed by atoms with van der Waals surface area (Å²) >= 11 is 0. The van der Waals surface area contributed by atoms with Crippen LogP contribution in [0.25, 0.3) is 11.0 Å². The van der Waals surface area contributed by atoms with Crippen LogP contribution in [-0.4, -0.2) is 33.9 Å². The number of piperidine rings is 1. The average molecular weight is 377 g/mol. The normalized spacial score (nSPS) is 15.8. The van der Waals surface area contributed by atoms with Crippen molar-refractivity contribution in [1.82, 2.24) is 20.2 Å². The summed E-state index contributed by atoms with van der Waals surface area (Å²) in [5.41, 5.74) is 5.74. The summed E-state index contributed by atoms with van der Waals surface area (Å²) in [6, 6.07) is 14.6. The third kappa shape index (κ3) is 4.42. The quantitative estimate of drug-likeness (QED) is 0.714. The zero-order chi connectivity index (χ0) is 19.5. The van der Waals surface area contributed by atoms with Crippen molar-refractivity contribution in [1.29, 1.82) is 0 Å². The van der Waals surface area contributed by atoms with Crippen LogP contribution in [0.1, 0.15) is 35.4 Å². The van der Waals surface area contributed by atoms with Gasteiger partial charge in [0.15, 0.2) is 0 Å². The highest BCUT2D eigenvalue weighted by atomic mass is 16.1. The number of rotatable bonds is 5. The van der Waals surface area contributed by atoms with Crippen LogP contribution in [0.15, 0.2) is 42.5 Å². The fourth-order valence-electron chi connectivity index (χ4n) is 3.86. The van der Waals surface area contributed by atoms with Crippen molar-refractivity contribution < 1.29 is 4.79 Å². The summed E-state index contributed by atoms with van der Waals surface area (Å²) in [7, 11) is 0. The van der Waals surface area contributed by atoms with E-state index in [1.54, 1.807) is 0 Å². The van der Waals surface area contributed by atoms with Gasteiger partial charge in [0.2, 0.25) is 5.91 Å². The first kappa shape index (κ1) is 18.7. The number of aryl methyl sites for hydroxylation is 2. The Morgan fingerprint density at radius 1 is 1.11 bits per heavy atom. The molecule has 2 aromatic carbocycles. The number of nitrogens with one attached hydrogen (secondary N) is 2. The SMILES string of the molecule is Cc1ccc(CNC(=O)C2CCN(Cc3nc4ccc(C)cc4[nH]3)CC2)cc1. The van der Waals surface area contributed by atoms with Crippen molar-refractivity contribution in [2.24, 2.45) is 5.92 Å². The largest absolute Gasteiger partial charge is 0.352 e. The van der Waals surface area contributed by atoms with Gasteiger partial charge in [-0.2, -0.15) is 0 Å². The Morgan fingerprint density at radius 3 is 2.57 bits per heavy atom. The first-order valence-electron chi connectivity index (χ1n) is 10.1. The van der Waals surface area contributed by atoms with E-state index in [1.165, 1.54) is 11.1 Å². The number of carbonyl (C=O) groups is 1. The second-order valence-electron chi connectivity index (χ2n) is 7.96. The van der Waals surface area contributed by atoms with Gasteiger partial charge in [0.25, 0.3) is 0 Å². The van der Waals surface area contributed by atoms with Crippen LogP contribution in [0.3, 0.4) is 0 Å². The number of H-pyrrole nitrogens is 1. The molecule has 1 fully saturated rings. The second kappa shape index (κ2) is 8.15. The number of aromatic nitrogens is 2. The maximum Gasteiger partial charge on any atom is 0.223 e. The molecule has 0 saturated carbocycles. The van der Waals surface area contributed by atoms with Gasteiger partial charge < -0.3 is 10.3 Å². The zero-order valence-electron chi connectivity index (χ0n) is 16.7. The molecule has 2 heterocycles. The molecule has 0 bridgehead atoms. The number of nitrogens with zero attached hydrogens (tertiary/aromatic N) is 2. The Labute approximate surface area is 166 Å². The van der Waals surface area contributed by atoms with Gasteiger partial charge in [-0.1, -0.05) is 35.9 Å². The smallest absolute Gasteiger partial charge is 0.223 e. The molecule has 1 aliphatic rings. The fraction of sp³-hybridized carbons (Fsp3) is 0.391. The van der Waals surface area contributed by atoms with Gasteiger partial charge in [0.05, 0.1) is 17.6 Å². The van der Waals surface area contributed by atoms with Crippen LogP contribution >= 0.6 is 0 Å². The highest BCUT2D eigenvalue weighted by molar-refractivity contribution is 5.78. The number of fused-ring (bicyclic) bond motifs is 1. The van der Waals surface area contributed by atoms with Gasteiger partial charge in [-0.15, -0.1) is 0 Å². The molecule has 28 heavy (non-hydrogen) atoms. The lowest BCUT2D eigenvalue weighted by Crippen LogP contribution is -2.40. The van der Waals surface area contributed by atoms with E-state index in [0.29, 0.717) is 6.54 Å². The molecule has 3 aromatic rings. The lowest BCUT2D eigenvalue weighted by Gasteiger charge is -2.30. The van der Waals surface area contributed by atoms with Gasteiger partial charge in [0.1, 0.15) is 5.82 Å². The number of likely N-dealkylation sites (tertiary alicyclic amines) is 1. The number of aromatic amines is 1. The van der Waals surface area contributed by atoms with E-state index in [4.69, 9.17) is 4.98 Å². The minimum Gasteiger partial charge on any atom is -0.352 e. The molecule has 1 amide bonds. The summed E-state index contributed by atoms with van der Waals surface area (Å²) in [6.45, 7) is 7.44. The predicted molar refractivity (Wildman–Crippen MR) is 112 cm³/mol. The maximum atomic E-state index is 12.5. The molecule has 0 radical (unpaired) electrons.